The van der Waals surface area contributed by atoms with Gasteiger partial charge in [0, 0.05) is 42.5 Å². The van der Waals surface area contributed by atoms with E-state index in [-0.39, 0.29) is 23.1 Å². The van der Waals surface area contributed by atoms with Gasteiger partial charge in [-0.1, -0.05) is 18.2 Å². The Morgan fingerprint density at radius 3 is 2.75 bits per heavy atom. The number of allylic oxidation sites excluding steroid dienone is 2. The lowest BCUT2D eigenvalue weighted by Crippen LogP contribution is -2.39. The van der Waals surface area contributed by atoms with E-state index < -0.39 is 10.0 Å². The van der Waals surface area contributed by atoms with Gasteiger partial charge in [0.1, 0.15) is 5.78 Å². The number of carbonyl (C=O) groups is 1. The SMILES string of the molecule is N#CCC1(CS(=O)(=O)NC2CC=C(c3cc(CC(=O)C4CC4)nc4c3C=CC4)CC2)CC1. The first kappa shape index (κ1) is 21.5. The Labute approximate surface area is 189 Å². The summed E-state index contributed by atoms with van der Waals surface area (Å²) in [6.45, 7) is 0. The average molecular weight is 452 g/mol. The number of rotatable bonds is 9. The summed E-state index contributed by atoms with van der Waals surface area (Å²) in [7, 11) is -3.40. The van der Waals surface area contributed by atoms with Crippen molar-refractivity contribution in [1.82, 2.24) is 9.71 Å². The topological polar surface area (TPSA) is 99.9 Å². The minimum absolute atomic E-state index is 0.0572. The van der Waals surface area contributed by atoms with Crippen molar-refractivity contribution in [1.29, 1.82) is 5.26 Å². The molecule has 0 amide bonds. The maximum atomic E-state index is 12.7. The molecular formula is C25H29N3O3S. The fourth-order valence-electron chi connectivity index (χ4n) is 4.98. The second kappa shape index (κ2) is 8.24. The number of ketones is 1. The summed E-state index contributed by atoms with van der Waals surface area (Å²) in [6, 6.07) is 4.10. The van der Waals surface area contributed by atoms with Gasteiger partial charge >= 0.3 is 0 Å². The summed E-state index contributed by atoms with van der Waals surface area (Å²) in [4.78, 5) is 17.1. The van der Waals surface area contributed by atoms with E-state index in [0.29, 0.717) is 25.0 Å². The van der Waals surface area contributed by atoms with Crippen LogP contribution >= 0.6 is 0 Å². The van der Waals surface area contributed by atoms with Crippen LogP contribution in [0.2, 0.25) is 0 Å². The van der Waals surface area contributed by atoms with Crippen LogP contribution in [-0.4, -0.2) is 31.0 Å². The van der Waals surface area contributed by atoms with Gasteiger partial charge in [0.05, 0.1) is 17.5 Å². The molecule has 0 aromatic carbocycles. The normalized spacial score (nSPS) is 23.3. The number of nitriles is 1. The maximum Gasteiger partial charge on any atom is 0.212 e. The van der Waals surface area contributed by atoms with Crippen LogP contribution in [0.3, 0.4) is 0 Å². The molecule has 0 saturated heterocycles. The van der Waals surface area contributed by atoms with E-state index in [2.05, 4.69) is 35.1 Å². The Morgan fingerprint density at radius 1 is 1.28 bits per heavy atom. The lowest BCUT2D eigenvalue weighted by molar-refractivity contribution is -0.119. The molecular weight excluding hydrogens is 422 g/mol. The van der Waals surface area contributed by atoms with Crippen LogP contribution in [0.5, 0.6) is 0 Å². The van der Waals surface area contributed by atoms with E-state index in [1.807, 2.05) is 0 Å². The van der Waals surface area contributed by atoms with Crippen LogP contribution in [0.15, 0.2) is 18.2 Å². The summed E-state index contributed by atoms with van der Waals surface area (Å²) >= 11 is 0. The molecule has 4 aliphatic carbocycles. The van der Waals surface area contributed by atoms with Crippen LogP contribution in [-0.2, 0) is 27.7 Å². The van der Waals surface area contributed by atoms with E-state index >= 15 is 0 Å². The number of hydrogen-bond donors (Lipinski definition) is 1. The molecule has 1 N–H and O–H groups in total. The van der Waals surface area contributed by atoms with E-state index in [1.165, 1.54) is 5.57 Å². The van der Waals surface area contributed by atoms with Crippen LogP contribution in [0.4, 0.5) is 0 Å². The standard InChI is InChI=1S/C25H29N3O3S/c26-13-12-25(10-11-25)16-32(30,31)28-19-8-6-17(7-9-19)22-14-20(15-24(29)18-4-5-18)27-23-3-1-2-21(22)23/h1-2,6,14,18-19,28H,3-5,7-12,15-16H2. The van der Waals surface area contributed by atoms with Gasteiger partial charge in [-0.15, -0.1) is 0 Å². The lowest BCUT2D eigenvalue weighted by Gasteiger charge is -2.25. The quantitative estimate of drug-likeness (QED) is 0.617. The molecule has 0 aliphatic heterocycles. The molecule has 1 unspecified atom stereocenters. The number of fused-ring (bicyclic) bond motifs is 1. The van der Waals surface area contributed by atoms with Gasteiger partial charge in [-0.05, 0) is 67.6 Å². The first-order valence-corrected chi connectivity index (χ1v) is 13.3. The van der Waals surface area contributed by atoms with Crippen molar-refractivity contribution in [3.05, 3.63) is 40.7 Å². The van der Waals surface area contributed by atoms with Crippen molar-refractivity contribution in [3.8, 4) is 6.07 Å². The first-order chi connectivity index (χ1) is 15.4. The van der Waals surface area contributed by atoms with E-state index in [9.17, 15) is 13.2 Å². The van der Waals surface area contributed by atoms with Crippen molar-refractivity contribution in [2.45, 2.75) is 70.3 Å². The number of pyridine rings is 1. The van der Waals surface area contributed by atoms with Gasteiger partial charge in [-0.25, -0.2) is 13.1 Å². The van der Waals surface area contributed by atoms with Gasteiger partial charge in [0.25, 0.3) is 0 Å². The van der Waals surface area contributed by atoms with Crippen molar-refractivity contribution in [2.75, 3.05) is 5.75 Å². The minimum atomic E-state index is -3.40. The highest BCUT2D eigenvalue weighted by molar-refractivity contribution is 7.89. The van der Waals surface area contributed by atoms with Crippen LogP contribution in [0, 0.1) is 22.7 Å². The van der Waals surface area contributed by atoms with Crippen LogP contribution < -0.4 is 4.72 Å². The number of nitrogens with one attached hydrogen (secondary N) is 1. The number of carbonyl (C=O) groups excluding carboxylic acids is 1. The fourth-order valence-corrected chi connectivity index (χ4v) is 6.98. The predicted octanol–water partition coefficient (Wildman–Crippen LogP) is 3.72. The maximum absolute atomic E-state index is 12.7. The molecule has 1 aromatic rings. The van der Waals surface area contributed by atoms with Gasteiger partial charge in [0.2, 0.25) is 10.0 Å². The number of aromatic nitrogens is 1. The summed E-state index contributed by atoms with van der Waals surface area (Å²) in [5.74, 6) is 0.588. The van der Waals surface area contributed by atoms with E-state index in [4.69, 9.17) is 10.2 Å². The zero-order chi connectivity index (χ0) is 22.3. The second-order valence-electron chi connectivity index (χ2n) is 9.96. The summed E-state index contributed by atoms with van der Waals surface area (Å²) < 4.78 is 28.2. The lowest BCUT2D eigenvalue weighted by atomic mass is 9.88. The molecule has 4 aliphatic rings. The second-order valence-corrected chi connectivity index (χ2v) is 11.7. The zero-order valence-electron chi connectivity index (χ0n) is 18.3. The monoisotopic (exact) mass is 451 g/mol. The molecule has 1 heterocycles. The molecule has 0 spiro atoms. The third kappa shape index (κ3) is 4.72. The molecule has 0 bridgehead atoms. The predicted molar refractivity (Wildman–Crippen MR) is 123 cm³/mol. The molecule has 5 rings (SSSR count). The molecule has 7 heteroatoms. The van der Waals surface area contributed by atoms with Crippen LogP contribution in [0.1, 0.15) is 73.9 Å². The van der Waals surface area contributed by atoms with Crippen molar-refractivity contribution in [2.24, 2.45) is 11.3 Å². The van der Waals surface area contributed by atoms with Gasteiger partial charge < -0.3 is 0 Å². The molecule has 168 valence electrons. The highest BCUT2D eigenvalue weighted by Crippen LogP contribution is 2.49. The smallest absolute Gasteiger partial charge is 0.212 e. The van der Waals surface area contributed by atoms with Gasteiger partial charge in [0.15, 0.2) is 0 Å². The number of Topliss-reactive ketones (excluding diaryl/α,β-unsaturated/α-hetero) is 1. The third-order valence-electron chi connectivity index (χ3n) is 7.18. The largest absolute Gasteiger partial charge is 0.299 e. The Hall–Kier alpha value is -2.30. The first-order valence-electron chi connectivity index (χ1n) is 11.6. The van der Waals surface area contributed by atoms with Gasteiger partial charge in [-0.3, -0.25) is 9.78 Å². The third-order valence-corrected chi connectivity index (χ3v) is 8.87. The number of sulfonamides is 1. The fraction of sp³-hybridized carbons (Fsp3) is 0.560. The highest BCUT2D eigenvalue weighted by atomic mass is 32.2. The summed E-state index contributed by atoms with van der Waals surface area (Å²) in [5.41, 5.74) is 5.08. The zero-order valence-corrected chi connectivity index (χ0v) is 19.1. The molecule has 0 radical (unpaired) electrons. The Balaban J connectivity index is 1.28. The Kier molecular flexibility index (Phi) is 5.55. The molecule has 6 nitrogen and oxygen atoms in total. The molecule has 2 saturated carbocycles. The molecule has 32 heavy (non-hydrogen) atoms. The van der Waals surface area contributed by atoms with Crippen molar-refractivity contribution in [3.63, 3.8) is 0 Å². The van der Waals surface area contributed by atoms with E-state index in [1.54, 1.807) is 0 Å². The molecule has 2 fully saturated rings. The van der Waals surface area contributed by atoms with Crippen LogP contribution in [0.25, 0.3) is 11.6 Å². The number of hydrogen-bond acceptors (Lipinski definition) is 5. The van der Waals surface area contributed by atoms with Gasteiger partial charge in [-0.2, -0.15) is 5.26 Å². The summed E-state index contributed by atoms with van der Waals surface area (Å²) in [6.07, 6.45) is 13.7. The van der Waals surface area contributed by atoms with Crippen molar-refractivity contribution >= 4 is 27.5 Å². The number of nitrogens with zero attached hydrogens (tertiary/aromatic N) is 2. The highest BCUT2D eigenvalue weighted by Gasteiger charge is 2.46. The molecule has 1 aromatic heterocycles. The Bertz CT molecular complexity index is 1150. The average Bonchev–Trinajstić information content (AvgIpc) is 3.67. The van der Waals surface area contributed by atoms with E-state index in [0.717, 1.165) is 67.5 Å². The molecule has 1 atom stereocenters. The minimum Gasteiger partial charge on any atom is -0.299 e. The Morgan fingerprint density at radius 2 is 2.09 bits per heavy atom. The van der Waals surface area contributed by atoms with Crippen molar-refractivity contribution < 1.29 is 13.2 Å². The summed E-state index contributed by atoms with van der Waals surface area (Å²) in [5, 5.41) is 8.96.